The summed E-state index contributed by atoms with van der Waals surface area (Å²) in [6.45, 7) is 5.20. The smallest absolute Gasteiger partial charge is 0.255 e. The first-order chi connectivity index (χ1) is 8.60. The van der Waals surface area contributed by atoms with Gasteiger partial charge in [0.25, 0.3) is 5.91 Å². The van der Waals surface area contributed by atoms with Gasteiger partial charge < -0.3 is 14.8 Å². The molecule has 0 aliphatic rings. The zero-order chi connectivity index (χ0) is 13.5. The fourth-order valence-electron chi connectivity index (χ4n) is 1.62. The summed E-state index contributed by atoms with van der Waals surface area (Å²) in [5.41, 5.74) is 1.71. The summed E-state index contributed by atoms with van der Waals surface area (Å²) in [6.07, 6.45) is 0. The lowest BCUT2D eigenvalue weighted by Gasteiger charge is -2.12. The number of benzene rings is 1. The van der Waals surface area contributed by atoms with E-state index in [2.05, 4.69) is 19.2 Å². The van der Waals surface area contributed by atoms with Gasteiger partial charge >= 0.3 is 0 Å². The second kappa shape index (κ2) is 7.01. The van der Waals surface area contributed by atoms with Gasteiger partial charge in [-0.15, -0.1) is 0 Å². The van der Waals surface area contributed by atoms with Crippen molar-refractivity contribution in [3.05, 3.63) is 29.3 Å². The van der Waals surface area contributed by atoms with Crippen LogP contribution in [0, 0.1) is 0 Å². The Balaban J connectivity index is 2.84. The van der Waals surface area contributed by atoms with Crippen molar-refractivity contribution in [2.75, 3.05) is 27.4 Å². The summed E-state index contributed by atoms with van der Waals surface area (Å²) < 4.78 is 10.2. The van der Waals surface area contributed by atoms with Crippen LogP contribution in [0.2, 0.25) is 0 Å². The maximum atomic E-state index is 11.9. The van der Waals surface area contributed by atoms with Gasteiger partial charge in [0, 0.05) is 13.7 Å². The van der Waals surface area contributed by atoms with Crippen molar-refractivity contribution < 1.29 is 14.3 Å². The van der Waals surface area contributed by atoms with Gasteiger partial charge in [-0.1, -0.05) is 19.9 Å². The first kappa shape index (κ1) is 14.5. The van der Waals surface area contributed by atoms with E-state index in [-0.39, 0.29) is 5.91 Å². The third-order valence-electron chi connectivity index (χ3n) is 2.73. The highest BCUT2D eigenvalue weighted by molar-refractivity contribution is 5.97. The van der Waals surface area contributed by atoms with Crippen molar-refractivity contribution in [3.8, 4) is 5.75 Å². The largest absolute Gasteiger partial charge is 0.496 e. The van der Waals surface area contributed by atoms with Gasteiger partial charge in [0.15, 0.2) is 0 Å². The maximum absolute atomic E-state index is 11.9. The predicted octanol–water partition coefficient (Wildman–Crippen LogP) is 2.19. The number of hydrogen-bond donors (Lipinski definition) is 1. The van der Waals surface area contributed by atoms with Crippen molar-refractivity contribution in [3.63, 3.8) is 0 Å². The highest BCUT2D eigenvalue weighted by Gasteiger charge is 2.13. The first-order valence-corrected chi connectivity index (χ1v) is 6.05. The Morgan fingerprint density at radius 1 is 1.33 bits per heavy atom. The lowest BCUT2D eigenvalue weighted by atomic mass is 10.0. The van der Waals surface area contributed by atoms with Crippen LogP contribution < -0.4 is 10.1 Å². The van der Waals surface area contributed by atoms with Gasteiger partial charge in [-0.25, -0.2) is 0 Å². The van der Waals surface area contributed by atoms with Crippen LogP contribution in [0.3, 0.4) is 0 Å². The van der Waals surface area contributed by atoms with E-state index in [1.165, 1.54) is 0 Å². The molecule has 1 rings (SSSR count). The van der Waals surface area contributed by atoms with Crippen LogP contribution in [0.4, 0.5) is 0 Å². The standard InChI is InChI=1S/C14H21NO3/c1-10(2)11-5-6-12(13(9-11)18-4)14(16)15-7-8-17-3/h5-6,9-10H,7-8H2,1-4H3,(H,15,16). The van der Waals surface area contributed by atoms with Crippen molar-refractivity contribution in [2.45, 2.75) is 19.8 Å². The molecule has 100 valence electrons. The minimum Gasteiger partial charge on any atom is -0.496 e. The first-order valence-electron chi connectivity index (χ1n) is 6.05. The molecule has 1 aromatic carbocycles. The van der Waals surface area contributed by atoms with Crippen LogP contribution in [0.1, 0.15) is 35.7 Å². The summed E-state index contributed by atoms with van der Waals surface area (Å²) in [5, 5.41) is 2.78. The van der Waals surface area contributed by atoms with Crippen molar-refractivity contribution >= 4 is 5.91 Å². The lowest BCUT2D eigenvalue weighted by Crippen LogP contribution is -2.27. The predicted molar refractivity (Wildman–Crippen MR) is 71.3 cm³/mol. The van der Waals surface area contributed by atoms with Crippen LogP contribution in [0.15, 0.2) is 18.2 Å². The maximum Gasteiger partial charge on any atom is 0.255 e. The molecule has 0 aromatic heterocycles. The number of ether oxygens (including phenoxy) is 2. The Labute approximate surface area is 108 Å². The lowest BCUT2D eigenvalue weighted by molar-refractivity contribution is 0.0934. The number of nitrogens with one attached hydrogen (secondary N) is 1. The second-order valence-corrected chi connectivity index (χ2v) is 4.36. The van der Waals surface area contributed by atoms with Crippen molar-refractivity contribution in [2.24, 2.45) is 0 Å². The molecule has 0 unspecified atom stereocenters. The van der Waals surface area contributed by atoms with Crippen LogP contribution in [-0.4, -0.2) is 33.3 Å². The molecule has 4 nitrogen and oxygen atoms in total. The minimum atomic E-state index is -0.140. The fraction of sp³-hybridized carbons (Fsp3) is 0.500. The molecular formula is C14H21NO3. The Hall–Kier alpha value is -1.55. The summed E-state index contributed by atoms with van der Waals surface area (Å²) in [6, 6.07) is 5.67. The van der Waals surface area contributed by atoms with E-state index >= 15 is 0 Å². The van der Waals surface area contributed by atoms with Gasteiger partial charge in [0.2, 0.25) is 0 Å². The molecule has 0 spiro atoms. The number of carbonyl (C=O) groups excluding carboxylic acids is 1. The number of methoxy groups -OCH3 is 2. The summed E-state index contributed by atoms with van der Waals surface area (Å²) >= 11 is 0. The van der Waals surface area contributed by atoms with Crippen LogP contribution in [0.25, 0.3) is 0 Å². The van der Waals surface area contributed by atoms with Gasteiger partial charge in [0.1, 0.15) is 5.75 Å². The van der Waals surface area contributed by atoms with E-state index in [9.17, 15) is 4.79 Å². The molecule has 1 aromatic rings. The van der Waals surface area contributed by atoms with E-state index in [0.717, 1.165) is 5.56 Å². The zero-order valence-electron chi connectivity index (χ0n) is 11.4. The summed E-state index contributed by atoms with van der Waals surface area (Å²) in [5.74, 6) is 0.875. The highest BCUT2D eigenvalue weighted by Crippen LogP contribution is 2.24. The quantitative estimate of drug-likeness (QED) is 0.788. The van der Waals surface area contributed by atoms with Crippen LogP contribution in [0.5, 0.6) is 5.75 Å². The zero-order valence-corrected chi connectivity index (χ0v) is 11.4. The Morgan fingerprint density at radius 3 is 2.61 bits per heavy atom. The molecule has 18 heavy (non-hydrogen) atoms. The van der Waals surface area contributed by atoms with E-state index in [0.29, 0.717) is 30.4 Å². The Kier molecular flexibility index (Phi) is 5.65. The second-order valence-electron chi connectivity index (χ2n) is 4.36. The average Bonchev–Trinajstić information content (AvgIpc) is 2.38. The molecule has 0 aliphatic carbocycles. The van der Waals surface area contributed by atoms with Gasteiger partial charge in [0.05, 0.1) is 19.3 Å². The average molecular weight is 251 g/mol. The van der Waals surface area contributed by atoms with Crippen molar-refractivity contribution in [1.82, 2.24) is 5.32 Å². The SMILES string of the molecule is COCCNC(=O)c1ccc(C(C)C)cc1OC. The highest BCUT2D eigenvalue weighted by atomic mass is 16.5. The molecule has 0 atom stereocenters. The fourth-order valence-corrected chi connectivity index (χ4v) is 1.62. The molecule has 0 aliphatic heterocycles. The molecule has 1 amide bonds. The van der Waals surface area contributed by atoms with E-state index in [1.807, 2.05) is 12.1 Å². The number of rotatable bonds is 6. The minimum absolute atomic E-state index is 0.140. The summed E-state index contributed by atoms with van der Waals surface area (Å²) in [4.78, 5) is 11.9. The molecule has 0 heterocycles. The molecule has 0 saturated carbocycles. The molecule has 0 radical (unpaired) electrons. The number of carbonyl (C=O) groups is 1. The van der Waals surface area contributed by atoms with Crippen molar-refractivity contribution in [1.29, 1.82) is 0 Å². The molecule has 1 N–H and O–H groups in total. The van der Waals surface area contributed by atoms with E-state index < -0.39 is 0 Å². The topological polar surface area (TPSA) is 47.6 Å². The molecule has 0 saturated heterocycles. The Bertz CT molecular complexity index is 402. The van der Waals surface area contributed by atoms with E-state index in [4.69, 9.17) is 9.47 Å². The van der Waals surface area contributed by atoms with E-state index in [1.54, 1.807) is 20.3 Å². The normalized spacial score (nSPS) is 10.5. The van der Waals surface area contributed by atoms with Gasteiger partial charge in [-0.3, -0.25) is 4.79 Å². The van der Waals surface area contributed by atoms with Gasteiger partial charge in [-0.05, 0) is 23.6 Å². The molecule has 0 bridgehead atoms. The monoisotopic (exact) mass is 251 g/mol. The third kappa shape index (κ3) is 3.74. The van der Waals surface area contributed by atoms with Gasteiger partial charge in [-0.2, -0.15) is 0 Å². The summed E-state index contributed by atoms with van der Waals surface area (Å²) in [7, 11) is 3.18. The number of amides is 1. The Morgan fingerprint density at radius 2 is 2.06 bits per heavy atom. The molecular weight excluding hydrogens is 230 g/mol. The third-order valence-corrected chi connectivity index (χ3v) is 2.73. The molecule has 4 heteroatoms. The molecule has 0 fully saturated rings. The van der Waals surface area contributed by atoms with Crippen LogP contribution in [-0.2, 0) is 4.74 Å². The van der Waals surface area contributed by atoms with Crippen LogP contribution >= 0.6 is 0 Å². The number of hydrogen-bond acceptors (Lipinski definition) is 3.